The van der Waals surface area contributed by atoms with Crippen molar-refractivity contribution >= 4 is 44.8 Å². The summed E-state index contributed by atoms with van der Waals surface area (Å²) in [5, 5.41) is 3.01. The van der Waals surface area contributed by atoms with E-state index in [1.54, 1.807) is 18.2 Å². The summed E-state index contributed by atoms with van der Waals surface area (Å²) in [7, 11) is -2.38. The number of carbonyl (C=O) groups is 1. The molecular formula is C16H16Cl2N2O4S. The normalized spacial score (nSPS) is 12.5. The molecule has 1 unspecified atom stereocenters. The maximum absolute atomic E-state index is 12.3. The van der Waals surface area contributed by atoms with Crippen molar-refractivity contribution < 1.29 is 17.9 Å². The topological polar surface area (TPSA) is 84.5 Å². The zero-order valence-corrected chi connectivity index (χ0v) is 15.7. The molecule has 0 saturated heterocycles. The molecule has 0 radical (unpaired) electrons. The van der Waals surface area contributed by atoms with Gasteiger partial charge in [0.1, 0.15) is 5.75 Å². The van der Waals surface area contributed by atoms with Gasteiger partial charge in [-0.2, -0.15) is 4.72 Å². The van der Waals surface area contributed by atoms with Gasteiger partial charge in [0.15, 0.2) is 0 Å². The van der Waals surface area contributed by atoms with Crippen molar-refractivity contribution in [2.75, 3.05) is 12.4 Å². The molecule has 25 heavy (non-hydrogen) atoms. The number of sulfonamides is 1. The highest BCUT2D eigenvalue weighted by molar-refractivity contribution is 7.89. The summed E-state index contributed by atoms with van der Waals surface area (Å²) in [4.78, 5) is 12.2. The molecule has 2 rings (SSSR count). The summed E-state index contributed by atoms with van der Waals surface area (Å²) in [6, 6.07) is 9.56. The third kappa shape index (κ3) is 4.85. The molecule has 1 amide bonds. The zero-order chi connectivity index (χ0) is 18.6. The van der Waals surface area contributed by atoms with Gasteiger partial charge in [0.05, 0.1) is 33.8 Å². The van der Waals surface area contributed by atoms with Gasteiger partial charge in [-0.15, -0.1) is 0 Å². The second-order valence-electron chi connectivity index (χ2n) is 5.11. The van der Waals surface area contributed by atoms with Gasteiger partial charge in [-0.05, 0) is 43.3 Å². The molecule has 0 aromatic heterocycles. The molecule has 6 nitrogen and oxygen atoms in total. The number of nitrogens with one attached hydrogen (secondary N) is 2. The second-order valence-corrected chi connectivity index (χ2v) is 7.61. The summed E-state index contributed by atoms with van der Waals surface area (Å²) in [6.45, 7) is 1.43. The Hall–Kier alpha value is -1.80. The highest BCUT2D eigenvalue weighted by atomic mass is 35.5. The maximum atomic E-state index is 12.3. The third-order valence-electron chi connectivity index (χ3n) is 3.30. The van der Waals surface area contributed by atoms with Gasteiger partial charge in [-0.25, -0.2) is 8.42 Å². The molecule has 2 N–H and O–H groups in total. The maximum Gasteiger partial charge on any atom is 0.242 e. The molecule has 1 atom stereocenters. The first-order chi connectivity index (χ1) is 11.7. The van der Waals surface area contributed by atoms with Crippen molar-refractivity contribution in [2.24, 2.45) is 0 Å². The average molecular weight is 403 g/mol. The van der Waals surface area contributed by atoms with E-state index >= 15 is 0 Å². The fourth-order valence-corrected chi connectivity index (χ4v) is 3.50. The lowest BCUT2D eigenvalue weighted by molar-refractivity contribution is -0.117. The number of benzene rings is 2. The van der Waals surface area contributed by atoms with Gasteiger partial charge < -0.3 is 10.1 Å². The Kier molecular flexibility index (Phi) is 6.29. The molecule has 0 spiro atoms. The van der Waals surface area contributed by atoms with Gasteiger partial charge >= 0.3 is 0 Å². The van der Waals surface area contributed by atoms with Crippen LogP contribution in [0.1, 0.15) is 6.92 Å². The monoisotopic (exact) mass is 402 g/mol. The van der Waals surface area contributed by atoms with E-state index in [-0.39, 0.29) is 14.9 Å². The van der Waals surface area contributed by atoms with Crippen LogP contribution in [0.15, 0.2) is 47.4 Å². The molecule has 0 bridgehead atoms. The van der Waals surface area contributed by atoms with Crippen molar-refractivity contribution in [2.45, 2.75) is 17.9 Å². The van der Waals surface area contributed by atoms with Crippen LogP contribution >= 0.6 is 23.2 Å². The Balaban J connectivity index is 2.10. The molecule has 0 heterocycles. The van der Waals surface area contributed by atoms with Gasteiger partial charge in [-0.1, -0.05) is 29.3 Å². The lowest BCUT2D eigenvalue weighted by atomic mass is 10.3. The predicted molar refractivity (Wildman–Crippen MR) is 97.9 cm³/mol. The molecule has 0 aliphatic heterocycles. The quantitative estimate of drug-likeness (QED) is 0.775. The summed E-state index contributed by atoms with van der Waals surface area (Å²) in [6.07, 6.45) is 0. The van der Waals surface area contributed by atoms with E-state index in [0.29, 0.717) is 11.4 Å². The molecule has 134 valence electrons. The van der Waals surface area contributed by atoms with Crippen LogP contribution in [0.4, 0.5) is 5.69 Å². The Labute approximate surface area is 156 Å². The minimum Gasteiger partial charge on any atom is -0.497 e. The number of amides is 1. The average Bonchev–Trinajstić information content (AvgIpc) is 2.58. The van der Waals surface area contributed by atoms with E-state index in [2.05, 4.69) is 10.0 Å². The Morgan fingerprint density at radius 3 is 2.36 bits per heavy atom. The fraction of sp³-hybridized carbons (Fsp3) is 0.188. The van der Waals surface area contributed by atoms with Crippen molar-refractivity contribution in [3.8, 4) is 5.75 Å². The lowest BCUT2D eigenvalue weighted by Crippen LogP contribution is -2.41. The van der Waals surface area contributed by atoms with Crippen LogP contribution in [0.3, 0.4) is 0 Å². The Morgan fingerprint density at radius 2 is 1.76 bits per heavy atom. The number of rotatable bonds is 6. The van der Waals surface area contributed by atoms with Gasteiger partial charge in [0.2, 0.25) is 15.9 Å². The summed E-state index contributed by atoms with van der Waals surface area (Å²) in [5.74, 6) is -0.0402. The lowest BCUT2D eigenvalue weighted by Gasteiger charge is -2.15. The number of hydrogen-bond acceptors (Lipinski definition) is 4. The molecule has 2 aromatic rings. The van der Waals surface area contributed by atoms with Crippen molar-refractivity contribution in [1.29, 1.82) is 0 Å². The molecule has 9 heteroatoms. The van der Waals surface area contributed by atoms with Gasteiger partial charge in [0, 0.05) is 0 Å². The summed E-state index contributed by atoms with van der Waals surface area (Å²) in [5.41, 5.74) is 0.301. The van der Waals surface area contributed by atoms with E-state index in [4.69, 9.17) is 27.9 Å². The largest absolute Gasteiger partial charge is 0.497 e. The van der Waals surface area contributed by atoms with E-state index in [1.807, 2.05) is 0 Å². The highest BCUT2D eigenvalue weighted by Crippen LogP contribution is 2.29. The number of methoxy groups -OCH3 is 1. The number of hydrogen-bond donors (Lipinski definition) is 2. The Bertz CT molecular complexity index is 870. The molecule has 2 aromatic carbocycles. The molecule has 0 saturated carbocycles. The standard InChI is InChI=1S/C16H16Cl2N2O4S/c1-10(16(21)19-14-5-3-4-13(17)15(14)18)20-25(22,23)12-8-6-11(24-2)7-9-12/h3-10,20H,1-2H3,(H,19,21). The van der Waals surface area contributed by atoms with Crippen LogP contribution in [-0.4, -0.2) is 27.5 Å². The van der Waals surface area contributed by atoms with Crippen LogP contribution in [-0.2, 0) is 14.8 Å². The van der Waals surface area contributed by atoms with Crippen molar-refractivity contribution in [3.63, 3.8) is 0 Å². The number of ether oxygens (including phenoxy) is 1. The van der Waals surface area contributed by atoms with Crippen molar-refractivity contribution in [1.82, 2.24) is 4.72 Å². The molecular weight excluding hydrogens is 387 g/mol. The van der Waals surface area contributed by atoms with Crippen LogP contribution in [0.2, 0.25) is 10.0 Å². The first kappa shape index (κ1) is 19.5. The molecule has 0 aliphatic carbocycles. The van der Waals surface area contributed by atoms with E-state index in [9.17, 15) is 13.2 Å². The molecule has 0 fully saturated rings. The predicted octanol–water partition coefficient (Wildman–Crippen LogP) is 3.31. The minimum atomic E-state index is -3.87. The van der Waals surface area contributed by atoms with Crippen molar-refractivity contribution in [3.05, 3.63) is 52.5 Å². The number of anilines is 1. The zero-order valence-electron chi connectivity index (χ0n) is 13.4. The summed E-state index contributed by atoms with van der Waals surface area (Å²) >= 11 is 11.9. The van der Waals surface area contributed by atoms with Crippen LogP contribution in [0.5, 0.6) is 5.75 Å². The number of halogens is 2. The van der Waals surface area contributed by atoms with Gasteiger partial charge in [0.25, 0.3) is 0 Å². The van der Waals surface area contributed by atoms with E-state index in [0.717, 1.165) is 0 Å². The van der Waals surface area contributed by atoms with E-state index in [1.165, 1.54) is 38.3 Å². The third-order valence-corrected chi connectivity index (χ3v) is 5.68. The smallest absolute Gasteiger partial charge is 0.242 e. The van der Waals surface area contributed by atoms with E-state index < -0.39 is 22.0 Å². The molecule has 0 aliphatic rings. The fourth-order valence-electron chi connectivity index (χ4n) is 1.95. The van der Waals surface area contributed by atoms with Crippen LogP contribution in [0, 0.1) is 0 Å². The number of carbonyl (C=O) groups excluding carboxylic acids is 1. The minimum absolute atomic E-state index is 0.0220. The SMILES string of the molecule is COc1ccc(S(=O)(=O)NC(C)C(=O)Nc2cccc(Cl)c2Cl)cc1. The van der Waals surface area contributed by atoms with Crippen LogP contribution in [0.25, 0.3) is 0 Å². The summed E-state index contributed by atoms with van der Waals surface area (Å²) < 4.78 is 32.0. The Morgan fingerprint density at radius 1 is 1.12 bits per heavy atom. The first-order valence-electron chi connectivity index (χ1n) is 7.16. The second kappa shape index (κ2) is 8.05. The highest BCUT2D eigenvalue weighted by Gasteiger charge is 2.22. The van der Waals surface area contributed by atoms with Gasteiger partial charge in [-0.3, -0.25) is 4.79 Å². The first-order valence-corrected chi connectivity index (χ1v) is 9.40. The van der Waals surface area contributed by atoms with Crippen LogP contribution < -0.4 is 14.8 Å².